The molecular weight excluding hydrogens is 498 g/mol. The van der Waals surface area contributed by atoms with Gasteiger partial charge in [0.25, 0.3) is 0 Å². The van der Waals surface area contributed by atoms with Gasteiger partial charge >= 0.3 is 6.18 Å². The van der Waals surface area contributed by atoms with Gasteiger partial charge in [0.05, 0.1) is 0 Å². The molecule has 0 aliphatic heterocycles. The summed E-state index contributed by atoms with van der Waals surface area (Å²) in [5, 5.41) is 13.1. The summed E-state index contributed by atoms with van der Waals surface area (Å²) in [7, 11) is 1.39. The highest BCUT2D eigenvalue weighted by atomic mass is 127. The maximum atomic E-state index is 13.5. The summed E-state index contributed by atoms with van der Waals surface area (Å²) in [6.45, 7) is 3.91. The minimum absolute atomic E-state index is 0. The molecule has 0 spiro atoms. The molecule has 162 valence electrons. The Bertz CT molecular complexity index is 807. The number of rotatable bonds is 7. The van der Waals surface area contributed by atoms with Gasteiger partial charge in [-0.25, -0.2) is 4.98 Å². The summed E-state index contributed by atoms with van der Waals surface area (Å²) >= 11 is 0. The zero-order chi connectivity index (χ0) is 20.9. The van der Waals surface area contributed by atoms with Crippen molar-refractivity contribution in [3.05, 3.63) is 48.0 Å². The lowest BCUT2D eigenvalue weighted by Gasteiger charge is -2.29. The van der Waals surface area contributed by atoms with Crippen LogP contribution in [0.5, 0.6) is 0 Å². The average molecular weight is 525 g/mol. The lowest BCUT2D eigenvalue weighted by molar-refractivity contribution is -0.272. The van der Waals surface area contributed by atoms with Crippen LogP contribution < -0.4 is 11.1 Å². The van der Waals surface area contributed by atoms with Gasteiger partial charge in [0.15, 0.2) is 5.96 Å². The molecule has 0 saturated carbocycles. The number of nitrogens with one attached hydrogen (secondary N) is 1. The Hall–Kier alpha value is -1.82. The molecule has 0 radical (unpaired) electrons. The zero-order valence-corrected chi connectivity index (χ0v) is 18.9. The molecule has 2 atom stereocenters. The molecule has 6 nitrogen and oxygen atoms in total. The maximum Gasteiger partial charge on any atom is 0.424 e. The monoisotopic (exact) mass is 525 g/mol. The van der Waals surface area contributed by atoms with E-state index in [1.807, 2.05) is 24.3 Å². The normalized spacial score (nSPS) is 15.3. The number of aliphatic imine (C=N–C) groups is 1. The van der Waals surface area contributed by atoms with Crippen LogP contribution in [0.4, 0.5) is 18.9 Å². The van der Waals surface area contributed by atoms with Crippen molar-refractivity contribution in [1.82, 2.24) is 9.55 Å². The number of aromatic nitrogens is 2. The molecule has 2 rings (SSSR count). The van der Waals surface area contributed by atoms with Crippen LogP contribution in [-0.2, 0) is 12.6 Å². The van der Waals surface area contributed by atoms with Crippen LogP contribution in [0.15, 0.2) is 41.7 Å². The van der Waals surface area contributed by atoms with Crippen molar-refractivity contribution in [3.63, 3.8) is 0 Å². The molecule has 2 unspecified atom stereocenters. The lowest BCUT2D eigenvalue weighted by Crippen LogP contribution is -2.45. The third-order valence-corrected chi connectivity index (χ3v) is 4.78. The average Bonchev–Trinajstić information content (AvgIpc) is 3.07. The zero-order valence-electron chi connectivity index (χ0n) is 16.6. The highest BCUT2D eigenvalue weighted by Gasteiger charge is 2.57. The van der Waals surface area contributed by atoms with E-state index in [0.717, 1.165) is 11.0 Å². The third-order valence-electron chi connectivity index (χ3n) is 4.78. The van der Waals surface area contributed by atoms with Gasteiger partial charge in [-0.1, -0.05) is 26.0 Å². The molecule has 2 aromatic rings. The van der Waals surface area contributed by atoms with E-state index in [1.54, 1.807) is 0 Å². The minimum atomic E-state index is -4.89. The van der Waals surface area contributed by atoms with E-state index < -0.39 is 24.0 Å². The van der Waals surface area contributed by atoms with Gasteiger partial charge in [-0.15, -0.1) is 24.0 Å². The smallest absolute Gasteiger partial charge is 0.374 e. The first-order valence-corrected chi connectivity index (χ1v) is 9.02. The number of nitrogens with zero attached hydrogens (tertiary/aromatic N) is 3. The molecule has 1 heterocycles. The van der Waals surface area contributed by atoms with Crippen LogP contribution in [0.2, 0.25) is 0 Å². The Kier molecular flexibility index (Phi) is 8.94. The van der Waals surface area contributed by atoms with E-state index in [2.05, 4.69) is 29.1 Å². The minimum Gasteiger partial charge on any atom is -0.374 e. The number of benzene rings is 1. The fraction of sp³-hybridized carbons (Fsp3) is 0.474. The Morgan fingerprint density at radius 2 is 1.93 bits per heavy atom. The number of hydrogen-bond acceptors (Lipinski definition) is 3. The topological polar surface area (TPSA) is 88.5 Å². The second kappa shape index (κ2) is 10.3. The van der Waals surface area contributed by atoms with E-state index in [4.69, 9.17) is 5.73 Å². The van der Waals surface area contributed by atoms with Crippen LogP contribution in [0.25, 0.3) is 0 Å². The quantitative estimate of drug-likeness (QED) is 0.289. The first kappa shape index (κ1) is 25.2. The van der Waals surface area contributed by atoms with Gasteiger partial charge in [0, 0.05) is 38.1 Å². The summed E-state index contributed by atoms with van der Waals surface area (Å²) < 4.78 is 41.5. The van der Waals surface area contributed by atoms with Gasteiger partial charge in [0.1, 0.15) is 5.82 Å². The maximum absolute atomic E-state index is 13.5. The number of halogens is 4. The van der Waals surface area contributed by atoms with Gasteiger partial charge in [0.2, 0.25) is 5.60 Å². The molecule has 1 aromatic heterocycles. The largest absolute Gasteiger partial charge is 0.424 e. The van der Waals surface area contributed by atoms with E-state index in [1.165, 1.54) is 25.0 Å². The van der Waals surface area contributed by atoms with Gasteiger partial charge in [-0.05, 0) is 30.0 Å². The van der Waals surface area contributed by atoms with Crippen LogP contribution >= 0.6 is 24.0 Å². The predicted octanol–water partition coefficient (Wildman–Crippen LogP) is 4.12. The van der Waals surface area contributed by atoms with Crippen molar-refractivity contribution in [2.75, 3.05) is 11.9 Å². The molecule has 0 aliphatic rings. The molecule has 0 saturated heterocycles. The molecule has 4 N–H and O–H groups in total. The molecule has 0 aliphatic carbocycles. The fourth-order valence-corrected chi connectivity index (χ4v) is 2.80. The number of aliphatic hydroxyl groups is 1. The molecule has 10 heteroatoms. The number of imidazole rings is 1. The Morgan fingerprint density at radius 1 is 1.31 bits per heavy atom. The highest BCUT2D eigenvalue weighted by molar-refractivity contribution is 14.0. The summed E-state index contributed by atoms with van der Waals surface area (Å²) in [5.74, 6) is -0.0748. The first-order chi connectivity index (χ1) is 13.1. The number of nitrogens with two attached hydrogens (primary N) is 1. The molecular formula is C19H27F3IN5O. The number of hydrogen-bond donors (Lipinski definition) is 3. The van der Waals surface area contributed by atoms with E-state index in [0.29, 0.717) is 11.6 Å². The van der Waals surface area contributed by atoms with E-state index in [-0.39, 0.29) is 36.5 Å². The number of guanidine groups is 1. The lowest BCUT2D eigenvalue weighted by atomic mass is 9.98. The van der Waals surface area contributed by atoms with Gasteiger partial charge < -0.3 is 20.7 Å². The number of alkyl halides is 3. The summed E-state index contributed by atoms with van der Waals surface area (Å²) in [6, 6.07) is 7.61. The molecule has 29 heavy (non-hydrogen) atoms. The number of anilines is 1. The van der Waals surface area contributed by atoms with Crippen LogP contribution in [0.3, 0.4) is 0 Å². The van der Waals surface area contributed by atoms with E-state index in [9.17, 15) is 18.3 Å². The molecule has 1 aromatic carbocycles. The summed E-state index contributed by atoms with van der Waals surface area (Å²) in [4.78, 5) is 7.56. The first-order valence-electron chi connectivity index (χ1n) is 9.02. The predicted molar refractivity (Wildman–Crippen MR) is 118 cm³/mol. The van der Waals surface area contributed by atoms with E-state index >= 15 is 0 Å². The van der Waals surface area contributed by atoms with Gasteiger partial charge in [-0.3, -0.25) is 4.99 Å². The molecule has 0 fully saturated rings. The van der Waals surface area contributed by atoms with Crippen molar-refractivity contribution >= 4 is 35.6 Å². The highest BCUT2D eigenvalue weighted by Crippen LogP contribution is 2.40. The van der Waals surface area contributed by atoms with Crippen molar-refractivity contribution in [3.8, 4) is 0 Å². The fourth-order valence-electron chi connectivity index (χ4n) is 2.80. The van der Waals surface area contributed by atoms with Crippen LogP contribution in [-0.4, -0.2) is 33.3 Å². The second-order valence-corrected chi connectivity index (χ2v) is 6.79. The summed E-state index contributed by atoms with van der Waals surface area (Å²) in [5.41, 5.74) is 4.54. The molecule has 0 bridgehead atoms. The van der Waals surface area contributed by atoms with Gasteiger partial charge in [-0.2, -0.15) is 13.2 Å². The van der Waals surface area contributed by atoms with Crippen molar-refractivity contribution in [1.29, 1.82) is 0 Å². The van der Waals surface area contributed by atoms with Crippen LogP contribution in [0.1, 0.15) is 44.0 Å². The standard InChI is InChI=1S/C19H26F3N5O.HI/c1-4-13(2)14-5-7-15(8-6-14)26-17(23)25-10-9-18(28,19(20,21)22)16-24-11-12-27(16)3;/h5-8,11-13,28H,4,9-10H2,1-3H3,(H3,23,25,26);1H. The van der Waals surface area contributed by atoms with Crippen LogP contribution in [0, 0.1) is 0 Å². The summed E-state index contributed by atoms with van der Waals surface area (Å²) in [6.07, 6.45) is -2.02. The van der Waals surface area contributed by atoms with Crippen molar-refractivity contribution in [2.24, 2.45) is 17.8 Å². The second-order valence-electron chi connectivity index (χ2n) is 6.79. The van der Waals surface area contributed by atoms with Crippen molar-refractivity contribution < 1.29 is 18.3 Å². The SMILES string of the molecule is CCC(C)c1ccc(NC(N)=NCCC(O)(c2nccn2C)C(F)(F)F)cc1.I. The Morgan fingerprint density at radius 3 is 2.41 bits per heavy atom. The number of aryl methyl sites for hydroxylation is 1. The molecule has 0 amide bonds. The third kappa shape index (κ3) is 6.08. The Balaban J connectivity index is 0.00000420. The Labute approximate surface area is 185 Å². The van der Waals surface area contributed by atoms with Crippen molar-refractivity contribution in [2.45, 2.75) is 44.4 Å².